The van der Waals surface area contributed by atoms with Crippen molar-refractivity contribution in [3.05, 3.63) is 42.0 Å². The molecule has 2 aliphatic heterocycles. The molecule has 26 heavy (non-hydrogen) atoms. The van der Waals surface area contributed by atoms with E-state index < -0.39 is 0 Å². The van der Waals surface area contributed by atoms with E-state index in [1.807, 2.05) is 12.2 Å². The van der Waals surface area contributed by atoms with Crippen LogP contribution >= 0.6 is 0 Å². The Kier molecular flexibility index (Phi) is 4.59. The molecule has 1 aliphatic carbocycles. The SMILES string of the molecule is O=C(NC[C@@H]1CCCO1)c1cccc(N2C(=O)[C@H]3CC=CC[C@@H]3C2=O)c1. The summed E-state index contributed by atoms with van der Waals surface area (Å²) in [7, 11) is 0. The molecule has 0 unspecified atom stereocenters. The zero-order chi connectivity index (χ0) is 18.1. The molecule has 0 bridgehead atoms. The normalized spacial score (nSPS) is 27.7. The van der Waals surface area contributed by atoms with E-state index in [0.717, 1.165) is 19.4 Å². The van der Waals surface area contributed by atoms with E-state index in [0.29, 0.717) is 30.6 Å². The maximum absolute atomic E-state index is 12.7. The molecule has 0 saturated carbocycles. The van der Waals surface area contributed by atoms with Gasteiger partial charge in [-0.15, -0.1) is 0 Å². The minimum Gasteiger partial charge on any atom is -0.376 e. The lowest BCUT2D eigenvalue weighted by Gasteiger charge is -2.16. The first-order chi connectivity index (χ1) is 12.6. The van der Waals surface area contributed by atoms with Crippen LogP contribution in [0.1, 0.15) is 36.0 Å². The summed E-state index contributed by atoms with van der Waals surface area (Å²) in [6, 6.07) is 6.72. The van der Waals surface area contributed by atoms with Gasteiger partial charge in [-0.05, 0) is 43.9 Å². The van der Waals surface area contributed by atoms with Crippen molar-refractivity contribution in [2.24, 2.45) is 11.8 Å². The van der Waals surface area contributed by atoms with Gasteiger partial charge in [0.1, 0.15) is 0 Å². The molecule has 136 valence electrons. The number of hydrogen-bond donors (Lipinski definition) is 1. The molecule has 4 rings (SSSR count). The number of fused-ring (bicyclic) bond motifs is 1. The maximum Gasteiger partial charge on any atom is 0.251 e. The van der Waals surface area contributed by atoms with Crippen LogP contribution in [-0.2, 0) is 14.3 Å². The van der Waals surface area contributed by atoms with Gasteiger partial charge in [0.05, 0.1) is 23.6 Å². The molecule has 0 aromatic heterocycles. The van der Waals surface area contributed by atoms with Gasteiger partial charge in [0.25, 0.3) is 5.91 Å². The zero-order valence-corrected chi connectivity index (χ0v) is 14.5. The van der Waals surface area contributed by atoms with E-state index in [1.54, 1.807) is 24.3 Å². The first kappa shape index (κ1) is 17.0. The molecule has 2 saturated heterocycles. The molecule has 3 aliphatic rings. The highest BCUT2D eigenvalue weighted by molar-refractivity contribution is 6.22. The molecule has 2 fully saturated rings. The Morgan fingerprint density at radius 1 is 1.15 bits per heavy atom. The number of nitrogens with zero attached hydrogens (tertiary/aromatic N) is 1. The lowest BCUT2D eigenvalue weighted by molar-refractivity contribution is -0.122. The van der Waals surface area contributed by atoms with Crippen LogP contribution < -0.4 is 10.2 Å². The van der Waals surface area contributed by atoms with Crippen LogP contribution in [-0.4, -0.2) is 37.0 Å². The molecule has 1 N–H and O–H groups in total. The fourth-order valence-corrected chi connectivity index (χ4v) is 3.95. The predicted octanol–water partition coefficient (Wildman–Crippen LogP) is 2.05. The van der Waals surface area contributed by atoms with Crippen molar-refractivity contribution in [2.45, 2.75) is 31.8 Å². The van der Waals surface area contributed by atoms with Crippen LogP contribution in [0.4, 0.5) is 5.69 Å². The van der Waals surface area contributed by atoms with Crippen molar-refractivity contribution in [3.63, 3.8) is 0 Å². The lowest BCUT2D eigenvalue weighted by Crippen LogP contribution is -2.33. The third-order valence-electron chi connectivity index (χ3n) is 5.39. The molecule has 3 amide bonds. The number of hydrogen-bond acceptors (Lipinski definition) is 4. The van der Waals surface area contributed by atoms with Crippen molar-refractivity contribution in [2.75, 3.05) is 18.1 Å². The molecular weight excluding hydrogens is 332 g/mol. The van der Waals surface area contributed by atoms with E-state index >= 15 is 0 Å². The Bertz CT molecular complexity index is 741. The fraction of sp³-hybridized carbons (Fsp3) is 0.450. The van der Waals surface area contributed by atoms with Crippen molar-refractivity contribution in [1.82, 2.24) is 5.32 Å². The molecule has 0 spiro atoms. The van der Waals surface area contributed by atoms with E-state index in [4.69, 9.17) is 4.74 Å². The highest BCUT2D eigenvalue weighted by Gasteiger charge is 2.47. The molecule has 3 atom stereocenters. The summed E-state index contributed by atoms with van der Waals surface area (Å²) in [5.41, 5.74) is 0.910. The Balaban J connectivity index is 1.49. The van der Waals surface area contributed by atoms with Gasteiger partial charge in [0.2, 0.25) is 11.8 Å². The second kappa shape index (κ2) is 7.03. The van der Waals surface area contributed by atoms with Gasteiger partial charge in [0.15, 0.2) is 0 Å². The number of nitrogens with one attached hydrogen (secondary N) is 1. The largest absolute Gasteiger partial charge is 0.376 e. The first-order valence-corrected chi connectivity index (χ1v) is 9.18. The topological polar surface area (TPSA) is 75.7 Å². The van der Waals surface area contributed by atoms with Crippen LogP contribution in [0.5, 0.6) is 0 Å². The third kappa shape index (κ3) is 3.05. The number of ether oxygens (including phenoxy) is 1. The Morgan fingerprint density at radius 3 is 2.54 bits per heavy atom. The summed E-state index contributed by atoms with van der Waals surface area (Å²) in [5.74, 6) is -1.10. The van der Waals surface area contributed by atoms with E-state index in [2.05, 4.69) is 5.32 Å². The number of anilines is 1. The molecule has 2 heterocycles. The minimum atomic E-state index is -0.274. The lowest BCUT2D eigenvalue weighted by atomic mass is 9.85. The molecule has 6 heteroatoms. The second-order valence-electron chi connectivity index (χ2n) is 7.06. The number of imide groups is 1. The van der Waals surface area contributed by atoms with Gasteiger partial charge in [-0.2, -0.15) is 0 Å². The number of carbonyl (C=O) groups is 3. The van der Waals surface area contributed by atoms with Gasteiger partial charge in [-0.25, -0.2) is 0 Å². The minimum absolute atomic E-state index is 0.0690. The summed E-state index contributed by atoms with van der Waals surface area (Å²) in [6.45, 7) is 1.22. The summed E-state index contributed by atoms with van der Waals surface area (Å²) in [5, 5.41) is 2.87. The van der Waals surface area contributed by atoms with Gasteiger partial charge in [-0.1, -0.05) is 18.2 Å². The van der Waals surface area contributed by atoms with Crippen LogP contribution in [0.3, 0.4) is 0 Å². The Hall–Kier alpha value is -2.47. The quantitative estimate of drug-likeness (QED) is 0.663. The monoisotopic (exact) mass is 354 g/mol. The molecule has 6 nitrogen and oxygen atoms in total. The van der Waals surface area contributed by atoms with Gasteiger partial charge < -0.3 is 10.1 Å². The maximum atomic E-state index is 12.7. The third-order valence-corrected chi connectivity index (χ3v) is 5.39. The van der Waals surface area contributed by atoms with Crippen LogP contribution in [0, 0.1) is 11.8 Å². The van der Waals surface area contributed by atoms with E-state index in [9.17, 15) is 14.4 Å². The van der Waals surface area contributed by atoms with E-state index in [1.165, 1.54) is 4.90 Å². The van der Waals surface area contributed by atoms with Crippen molar-refractivity contribution in [1.29, 1.82) is 0 Å². The summed E-state index contributed by atoms with van der Waals surface area (Å²) in [4.78, 5) is 39.0. The number of carbonyl (C=O) groups excluding carboxylic acids is 3. The summed E-state index contributed by atoms with van der Waals surface area (Å²) < 4.78 is 5.51. The van der Waals surface area contributed by atoms with E-state index in [-0.39, 0.29) is 35.7 Å². The van der Waals surface area contributed by atoms with Crippen LogP contribution in [0.25, 0.3) is 0 Å². The second-order valence-corrected chi connectivity index (χ2v) is 7.06. The van der Waals surface area contributed by atoms with Gasteiger partial charge >= 0.3 is 0 Å². The molecule has 1 aromatic rings. The number of allylic oxidation sites excluding steroid dienone is 2. The molecule has 1 aromatic carbocycles. The van der Waals surface area contributed by atoms with Gasteiger partial charge in [-0.3, -0.25) is 19.3 Å². The predicted molar refractivity (Wildman–Crippen MR) is 95.6 cm³/mol. The standard InChI is InChI=1S/C20H22N2O4/c23-18(21-12-15-7-4-10-26-15)13-5-3-6-14(11-13)22-19(24)16-8-1-2-9-17(16)20(22)25/h1-3,5-6,11,15-17H,4,7-10,12H2,(H,21,23)/t15-,16-,17-/m0/s1. The fourth-order valence-electron chi connectivity index (χ4n) is 3.95. The molecule has 0 radical (unpaired) electrons. The molecular formula is C20H22N2O4. The average Bonchev–Trinajstić information content (AvgIpc) is 3.27. The highest BCUT2D eigenvalue weighted by Crippen LogP contribution is 2.37. The average molecular weight is 354 g/mol. The Morgan fingerprint density at radius 2 is 1.88 bits per heavy atom. The highest BCUT2D eigenvalue weighted by atomic mass is 16.5. The number of benzene rings is 1. The summed E-state index contributed by atoms with van der Waals surface area (Å²) in [6.07, 6.45) is 7.18. The Labute approximate surface area is 152 Å². The van der Waals surface area contributed by atoms with Crippen molar-refractivity contribution < 1.29 is 19.1 Å². The first-order valence-electron chi connectivity index (χ1n) is 9.18. The number of rotatable bonds is 4. The number of amides is 3. The van der Waals surface area contributed by atoms with Crippen LogP contribution in [0.15, 0.2) is 36.4 Å². The zero-order valence-electron chi connectivity index (χ0n) is 14.5. The van der Waals surface area contributed by atoms with Gasteiger partial charge in [0, 0.05) is 18.7 Å². The summed E-state index contributed by atoms with van der Waals surface area (Å²) >= 11 is 0. The van der Waals surface area contributed by atoms with Crippen molar-refractivity contribution in [3.8, 4) is 0 Å². The van der Waals surface area contributed by atoms with Crippen molar-refractivity contribution >= 4 is 23.4 Å². The smallest absolute Gasteiger partial charge is 0.251 e. The van der Waals surface area contributed by atoms with Crippen LogP contribution in [0.2, 0.25) is 0 Å².